The lowest BCUT2D eigenvalue weighted by Crippen LogP contribution is -2.64. The molecule has 1 rings (SSSR count). The van der Waals surface area contributed by atoms with Gasteiger partial charge in [0.2, 0.25) is 11.8 Å². The Hall–Kier alpha value is -0.970. The van der Waals surface area contributed by atoms with E-state index in [1.165, 1.54) is 0 Å². The summed E-state index contributed by atoms with van der Waals surface area (Å²) < 4.78 is 0. The Morgan fingerprint density at radius 2 is 1.76 bits per heavy atom. The Bertz CT molecular complexity index is 321. The highest BCUT2D eigenvalue weighted by Crippen LogP contribution is 2.36. The van der Waals surface area contributed by atoms with Crippen LogP contribution in [0.4, 0.5) is 0 Å². The van der Waals surface area contributed by atoms with Crippen molar-refractivity contribution in [1.82, 2.24) is 10.6 Å². The van der Waals surface area contributed by atoms with Crippen LogP contribution >= 0.6 is 12.2 Å². The normalized spacial score (nSPS) is 20.8. The zero-order valence-electron chi connectivity index (χ0n) is 10.6. The lowest BCUT2D eigenvalue weighted by atomic mass is 9.70. The van der Waals surface area contributed by atoms with Crippen LogP contribution in [0.2, 0.25) is 0 Å². The molecule has 4 nitrogen and oxygen atoms in total. The van der Waals surface area contributed by atoms with Gasteiger partial charge >= 0.3 is 0 Å². The van der Waals surface area contributed by atoms with Crippen molar-refractivity contribution >= 4 is 29.1 Å². The molecule has 1 aliphatic rings. The van der Waals surface area contributed by atoms with Crippen molar-refractivity contribution in [3.8, 4) is 0 Å². The van der Waals surface area contributed by atoms with Crippen molar-refractivity contribution in [3.63, 3.8) is 0 Å². The number of carbonyl (C=O) groups is 2. The molecule has 0 bridgehead atoms. The quantitative estimate of drug-likeness (QED) is 0.582. The highest BCUT2D eigenvalue weighted by molar-refractivity contribution is 7.80. The van der Waals surface area contributed by atoms with Crippen molar-refractivity contribution in [2.75, 3.05) is 0 Å². The number of rotatable bonds is 5. The maximum Gasteiger partial charge on any atom is 0.242 e. The second-order valence-corrected chi connectivity index (χ2v) is 5.01. The van der Waals surface area contributed by atoms with Crippen LogP contribution in [-0.4, -0.2) is 16.9 Å². The van der Waals surface area contributed by atoms with Gasteiger partial charge in [0, 0.05) is 0 Å². The number of amides is 2. The summed E-state index contributed by atoms with van der Waals surface area (Å²) in [5, 5.41) is 5.26. The predicted molar refractivity (Wildman–Crippen MR) is 70.3 cm³/mol. The van der Waals surface area contributed by atoms with Gasteiger partial charge in [-0.2, -0.15) is 0 Å². The molecule has 0 aromatic heterocycles. The zero-order valence-corrected chi connectivity index (χ0v) is 11.4. The average Bonchev–Trinajstić information content (AvgIpc) is 2.26. The van der Waals surface area contributed by atoms with Crippen LogP contribution < -0.4 is 10.6 Å². The molecule has 0 spiro atoms. The third-order valence-corrected chi connectivity index (χ3v) is 3.86. The summed E-state index contributed by atoms with van der Waals surface area (Å²) in [6.07, 6.45) is 3.45. The van der Waals surface area contributed by atoms with Gasteiger partial charge < -0.3 is 10.6 Å². The molecule has 1 fully saturated rings. The molecule has 1 unspecified atom stereocenters. The fourth-order valence-corrected chi connectivity index (χ4v) is 2.62. The molecular formula is C12H20N2O2S. The summed E-state index contributed by atoms with van der Waals surface area (Å²) in [6, 6.07) is 0. The molecule has 5 heteroatoms. The molecular weight excluding hydrogens is 236 g/mol. The van der Waals surface area contributed by atoms with E-state index in [4.69, 9.17) is 12.2 Å². The molecule has 1 heterocycles. The monoisotopic (exact) mass is 256 g/mol. The molecule has 1 atom stereocenters. The summed E-state index contributed by atoms with van der Waals surface area (Å²) in [4.78, 5) is 24.2. The van der Waals surface area contributed by atoms with Gasteiger partial charge in [-0.3, -0.25) is 9.59 Å². The minimum atomic E-state index is -0.961. The van der Waals surface area contributed by atoms with E-state index in [0.29, 0.717) is 6.42 Å². The first-order chi connectivity index (χ1) is 7.98. The van der Waals surface area contributed by atoms with Gasteiger partial charge in [0.05, 0.1) is 0 Å². The largest absolute Gasteiger partial charge is 0.302 e. The van der Waals surface area contributed by atoms with Crippen molar-refractivity contribution in [3.05, 3.63) is 0 Å². The van der Waals surface area contributed by atoms with E-state index in [1.807, 2.05) is 13.8 Å². The van der Waals surface area contributed by atoms with Gasteiger partial charge in [0.1, 0.15) is 5.41 Å². The number of thiocarbonyl (C=S) groups is 1. The number of hydrogen-bond acceptors (Lipinski definition) is 3. The molecule has 0 saturated carbocycles. The Morgan fingerprint density at radius 1 is 1.24 bits per heavy atom. The van der Waals surface area contributed by atoms with E-state index >= 15 is 0 Å². The molecule has 1 saturated heterocycles. The Balaban J connectivity index is 2.96. The first kappa shape index (κ1) is 14.1. The molecule has 17 heavy (non-hydrogen) atoms. The van der Waals surface area contributed by atoms with Gasteiger partial charge in [-0.25, -0.2) is 0 Å². The van der Waals surface area contributed by atoms with E-state index in [1.54, 1.807) is 0 Å². The highest BCUT2D eigenvalue weighted by atomic mass is 32.1. The van der Waals surface area contributed by atoms with Crippen LogP contribution in [0.1, 0.15) is 46.5 Å². The SMILES string of the molecule is CCCCC(C)C1(CC)C(=O)NC(=S)NC1=O. The molecule has 0 aliphatic carbocycles. The predicted octanol–water partition coefficient (Wildman–Crippen LogP) is 1.74. The molecule has 2 N–H and O–H groups in total. The smallest absolute Gasteiger partial charge is 0.242 e. The third-order valence-electron chi connectivity index (χ3n) is 3.65. The summed E-state index contributed by atoms with van der Waals surface area (Å²) in [7, 11) is 0. The van der Waals surface area contributed by atoms with Crippen LogP contribution in [-0.2, 0) is 9.59 Å². The first-order valence-electron chi connectivity index (χ1n) is 6.15. The number of carbonyl (C=O) groups excluding carboxylic acids is 2. The van der Waals surface area contributed by atoms with Gasteiger partial charge in [-0.1, -0.05) is 33.6 Å². The van der Waals surface area contributed by atoms with Crippen LogP contribution in [0.15, 0.2) is 0 Å². The molecule has 1 aliphatic heterocycles. The van der Waals surface area contributed by atoms with Crippen LogP contribution in [0, 0.1) is 11.3 Å². The van der Waals surface area contributed by atoms with E-state index in [-0.39, 0.29) is 22.8 Å². The summed E-state index contributed by atoms with van der Waals surface area (Å²) in [5.41, 5.74) is -0.961. The lowest BCUT2D eigenvalue weighted by molar-refractivity contribution is -0.147. The first-order valence-corrected chi connectivity index (χ1v) is 6.56. The van der Waals surface area contributed by atoms with E-state index in [0.717, 1.165) is 19.3 Å². The van der Waals surface area contributed by atoms with Crippen LogP contribution in [0.5, 0.6) is 0 Å². The van der Waals surface area contributed by atoms with Gasteiger partial charge in [-0.15, -0.1) is 0 Å². The zero-order chi connectivity index (χ0) is 13.1. The fraction of sp³-hybridized carbons (Fsp3) is 0.750. The Morgan fingerprint density at radius 3 is 2.18 bits per heavy atom. The molecule has 2 amide bonds. The Kier molecular flexibility index (Phi) is 4.62. The number of hydrogen-bond donors (Lipinski definition) is 2. The summed E-state index contributed by atoms with van der Waals surface area (Å²) in [6.45, 7) is 5.93. The van der Waals surface area contributed by atoms with Gasteiger partial charge in [0.15, 0.2) is 5.11 Å². The second kappa shape index (κ2) is 5.58. The van der Waals surface area contributed by atoms with Crippen LogP contribution in [0.3, 0.4) is 0 Å². The lowest BCUT2D eigenvalue weighted by Gasteiger charge is -2.38. The molecule has 0 aromatic rings. The topological polar surface area (TPSA) is 58.2 Å². The van der Waals surface area contributed by atoms with Crippen molar-refractivity contribution in [2.24, 2.45) is 11.3 Å². The second-order valence-electron chi connectivity index (χ2n) is 4.61. The summed E-state index contributed by atoms with van der Waals surface area (Å²) >= 11 is 4.82. The van der Waals surface area contributed by atoms with E-state index in [2.05, 4.69) is 17.6 Å². The minimum Gasteiger partial charge on any atom is -0.302 e. The molecule has 0 aromatic carbocycles. The van der Waals surface area contributed by atoms with Crippen molar-refractivity contribution < 1.29 is 9.59 Å². The summed E-state index contributed by atoms with van der Waals surface area (Å²) in [5.74, 6) is -0.481. The van der Waals surface area contributed by atoms with Gasteiger partial charge in [-0.05, 0) is 31.0 Å². The number of unbranched alkanes of at least 4 members (excludes halogenated alkanes) is 1. The average molecular weight is 256 g/mol. The Labute approximate surface area is 108 Å². The maximum absolute atomic E-state index is 12.1. The van der Waals surface area contributed by atoms with E-state index < -0.39 is 5.41 Å². The standard InChI is InChI=1S/C12H20N2O2S/c1-4-6-7-8(3)12(5-2)9(15)13-11(17)14-10(12)16/h8H,4-7H2,1-3H3,(H2,13,14,15,16,17). The molecule has 0 radical (unpaired) electrons. The van der Waals surface area contributed by atoms with Crippen molar-refractivity contribution in [1.29, 1.82) is 0 Å². The van der Waals surface area contributed by atoms with E-state index in [9.17, 15) is 9.59 Å². The maximum atomic E-state index is 12.1. The van der Waals surface area contributed by atoms with Crippen LogP contribution in [0.25, 0.3) is 0 Å². The van der Waals surface area contributed by atoms with Crippen molar-refractivity contribution in [2.45, 2.75) is 46.5 Å². The third kappa shape index (κ3) is 2.49. The fourth-order valence-electron chi connectivity index (χ4n) is 2.44. The molecule has 96 valence electrons. The van der Waals surface area contributed by atoms with Gasteiger partial charge in [0.25, 0.3) is 0 Å². The highest BCUT2D eigenvalue weighted by Gasteiger charge is 2.51. The minimum absolute atomic E-state index is 0.0237. The number of nitrogens with one attached hydrogen (secondary N) is 2.